The zero-order valence-electron chi connectivity index (χ0n) is 20.8. The number of hydrogen-bond donors (Lipinski definition) is 1. The van der Waals surface area contributed by atoms with Crippen molar-refractivity contribution < 1.29 is 18.7 Å². The summed E-state index contributed by atoms with van der Waals surface area (Å²) in [7, 11) is 0. The molecule has 0 saturated heterocycles. The molecule has 3 rings (SSSR count). The van der Waals surface area contributed by atoms with Crippen LogP contribution < -0.4 is 10.1 Å². The van der Waals surface area contributed by atoms with Crippen molar-refractivity contribution in [1.82, 2.24) is 10.2 Å². The van der Waals surface area contributed by atoms with E-state index in [1.165, 1.54) is 11.0 Å². The highest BCUT2D eigenvalue weighted by atomic mass is 19.1. The van der Waals surface area contributed by atoms with Crippen molar-refractivity contribution in [3.05, 3.63) is 101 Å². The zero-order valence-corrected chi connectivity index (χ0v) is 20.8. The lowest BCUT2D eigenvalue weighted by atomic mass is 10.0. The lowest BCUT2D eigenvalue weighted by molar-refractivity contribution is -0.143. The van der Waals surface area contributed by atoms with Crippen molar-refractivity contribution in [2.75, 3.05) is 6.61 Å². The van der Waals surface area contributed by atoms with E-state index in [1.807, 2.05) is 70.2 Å². The summed E-state index contributed by atoms with van der Waals surface area (Å²) >= 11 is 0. The molecule has 1 atom stereocenters. The third-order valence-electron chi connectivity index (χ3n) is 5.45. The van der Waals surface area contributed by atoms with Gasteiger partial charge in [0.05, 0.1) is 0 Å². The Morgan fingerprint density at radius 1 is 0.943 bits per heavy atom. The SMILES string of the molecule is Cc1ccc(OCC(=O)N(Cc2ccccc2F)[C@@H](Cc2ccccc2)C(=O)NC(C)(C)C)cc1. The Balaban J connectivity index is 1.93. The molecule has 5 nitrogen and oxygen atoms in total. The molecule has 0 radical (unpaired) electrons. The minimum Gasteiger partial charge on any atom is -0.484 e. The number of hydrogen-bond acceptors (Lipinski definition) is 3. The maximum atomic E-state index is 14.6. The molecule has 0 bridgehead atoms. The molecule has 0 fully saturated rings. The average Bonchev–Trinajstić information content (AvgIpc) is 2.81. The second kappa shape index (κ2) is 11.6. The van der Waals surface area contributed by atoms with E-state index in [0.29, 0.717) is 11.3 Å². The van der Waals surface area contributed by atoms with Gasteiger partial charge < -0.3 is 15.0 Å². The molecule has 35 heavy (non-hydrogen) atoms. The van der Waals surface area contributed by atoms with Crippen LogP contribution in [-0.4, -0.2) is 34.9 Å². The topological polar surface area (TPSA) is 58.6 Å². The van der Waals surface area contributed by atoms with Gasteiger partial charge in [-0.25, -0.2) is 4.39 Å². The van der Waals surface area contributed by atoms with Gasteiger partial charge in [0.15, 0.2) is 6.61 Å². The molecule has 2 amide bonds. The second-order valence-electron chi connectivity index (χ2n) is 9.66. The molecular formula is C29H33FN2O3. The minimum atomic E-state index is -0.856. The molecule has 0 spiro atoms. The summed E-state index contributed by atoms with van der Waals surface area (Å²) in [5.41, 5.74) is 1.80. The van der Waals surface area contributed by atoms with Crippen molar-refractivity contribution >= 4 is 11.8 Å². The number of nitrogens with one attached hydrogen (secondary N) is 1. The van der Waals surface area contributed by atoms with E-state index in [4.69, 9.17) is 4.74 Å². The number of ether oxygens (including phenoxy) is 1. The van der Waals surface area contributed by atoms with Gasteiger partial charge in [0.1, 0.15) is 17.6 Å². The number of carbonyl (C=O) groups is 2. The zero-order chi connectivity index (χ0) is 25.4. The van der Waals surface area contributed by atoms with E-state index >= 15 is 0 Å². The van der Waals surface area contributed by atoms with Gasteiger partial charge in [-0.3, -0.25) is 9.59 Å². The Kier molecular flexibility index (Phi) is 8.63. The highest BCUT2D eigenvalue weighted by molar-refractivity contribution is 5.89. The van der Waals surface area contributed by atoms with Crippen LogP contribution in [0.25, 0.3) is 0 Å². The summed E-state index contributed by atoms with van der Waals surface area (Å²) in [5, 5.41) is 2.99. The van der Waals surface area contributed by atoms with Crippen LogP contribution in [0.5, 0.6) is 5.75 Å². The first-order chi connectivity index (χ1) is 16.6. The minimum absolute atomic E-state index is 0.0577. The molecule has 6 heteroatoms. The molecule has 184 valence electrons. The van der Waals surface area contributed by atoms with Gasteiger partial charge >= 0.3 is 0 Å². The van der Waals surface area contributed by atoms with Crippen molar-refractivity contribution in [1.29, 1.82) is 0 Å². The van der Waals surface area contributed by atoms with Crippen LogP contribution in [0.3, 0.4) is 0 Å². The van der Waals surface area contributed by atoms with Crippen molar-refractivity contribution in [2.24, 2.45) is 0 Å². The van der Waals surface area contributed by atoms with Crippen LogP contribution in [0, 0.1) is 12.7 Å². The molecule has 0 aromatic heterocycles. The van der Waals surface area contributed by atoms with Crippen molar-refractivity contribution in [2.45, 2.75) is 52.2 Å². The highest BCUT2D eigenvalue weighted by Crippen LogP contribution is 2.19. The molecule has 0 aliphatic heterocycles. The van der Waals surface area contributed by atoms with Gasteiger partial charge in [-0.15, -0.1) is 0 Å². The van der Waals surface area contributed by atoms with Gasteiger partial charge in [-0.2, -0.15) is 0 Å². The summed E-state index contributed by atoms with van der Waals surface area (Å²) < 4.78 is 20.3. The predicted octanol–water partition coefficient (Wildman–Crippen LogP) is 5.07. The fraction of sp³-hybridized carbons (Fsp3) is 0.310. The first-order valence-corrected chi connectivity index (χ1v) is 11.7. The van der Waals surface area contributed by atoms with E-state index in [9.17, 15) is 14.0 Å². The predicted molar refractivity (Wildman–Crippen MR) is 135 cm³/mol. The lowest BCUT2D eigenvalue weighted by Crippen LogP contribution is -2.55. The normalized spacial score (nSPS) is 12.0. The maximum Gasteiger partial charge on any atom is 0.261 e. The van der Waals surface area contributed by atoms with Gasteiger partial charge in [0.2, 0.25) is 5.91 Å². The van der Waals surface area contributed by atoms with Crippen molar-refractivity contribution in [3.8, 4) is 5.75 Å². The number of rotatable bonds is 9. The quantitative estimate of drug-likeness (QED) is 0.469. The molecule has 0 aliphatic carbocycles. The monoisotopic (exact) mass is 476 g/mol. The number of benzene rings is 3. The Morgan fingerprint density at radius 3 is 2.20 bits per heavy atom. The van der Waals surface area contributed by atoms with Gasteiger partial charge in [0, 0.05) is 24.1 Å². The number of halogens is 1. The van der Waals surface area contributed by atoms with Crippen LogP contribution in [-0.2, 0) is 22.6 Å². The molecule has 3 aromatic carbocycles. The Hall–Kier alpha value is -3.67. The summed E-state index contributed by atoms with van der Waals surface area (Å²) in [6.45, 7) is 7.28. The van der Waals surface area contributed by atoms with E-state index in [-0.39, 0.29) is 25.5 Å². The first-order valence-electron chi connectivity index (χ1n) is 11.7. The van der Waals surface area contributed by atoms with Gasteiger partial charge in [-0.05, 0) is 51.5 Å². The Labute approximate surface area is 206 Å². The van der Waals surface area contributed by atoms with Crippen LogP contribution in [0.15, 0.2) is 78.9 Å². The summed E-state index contributed by atoms with van der Waals surface area (Å²) in [5.74, 6) is -0.590. The Morgan fingerprint density at radius 2 is 1.57 bits per heavy atom. The molecular weight excluding hydrogens is 443 g/mol. The van der Waals surface area contributed by atoms with Crippen LogP contribution in [0.4, 0.5) is 4.39 Å². The lowest BCUT2D eigenvalue weighted by Gasteiger charge is -2.33. The van der Waals surface area contributed by atoms with Crippen LogP contribution in [0.1, 0.15) is 37.5 Å². The molecule has 3 aromatic rings. The second-order valence-corrected chi connectivity index (χ2v) is 9.66. The van der Waals surface area contributed by atoms with E-state index in [0.717, 1.165) is 11.1 Å². The molecule has 1 N–H and O–H groups in total. The number of amides is 2. The maximum absolute atomic E-state index is 14.6. The van der Waals surface area contributed by atoms with E-state index in [2.05, 4.69) is 5.32 Å². The third kappa shape index (κ3) is 7.95. The van der Waals surface area contributed by atoms with Gasteiger partial charge in [0.25, 0.3) is 5.91 Å². The first kappa shape index (κ1) is 25.9. The molecule has 0 heterocycles. The largest absolute Gasteiger partial charge is 0.484 e. The van der Waals surface area contributed by atoms with Gasteiger partial charge in [-0.1, -0.05) is 66.2 Å². The molecule has 0 saturated carbocycles. The third-order valence-corrected chi connectivity index (χ3v) is 5.45. The average molecular weight is 477 g/mol. The van der Waals surface area contributed by atoms with E-state index < -0.39 is 23.3 Å². The molecule has 0 unspecified atom stereocenters. The Bertz CT molecular complexity index is 1120. The fourth-order valence-electron chi connectivity index (χ4n) is 3.68. The number of nitrogens with zero attached hydrogens (tertiary/aromatic N) is 1. The van der Waals surface area contributed by atoms with Crippen LogP contribution >= 0.6 is 0 Å². The number of aryl methyl sites for hydroxylation is 1. The standard InChI is InChI=1S/C29H33FN2O3/c1-21-14-16-24(17-15-21)35-20-27(33)32(19-23-12-8-9-13-25(23)30)26(28(34)31-29(2,3)4)18-22-10-6-5-7-11-22/h5-17,26H,18-20H2,1-4H3,(H,31,34)/t26-/m0/s1. The summed E-state index contributed by atoms with van der Waals surface area (Å²) in [6, 6.07) is 22.3. The highest BCUT2D eigenvalue weighted by Gasteiger charge is 2.32. The molecule has 0 aliphatic rings. The summed E-state index contributed by atoms with van der Waals surface area (Å²) in [6.07, 6.45) is 0.285. The number of carbonyl (C=O) groups excluding carboxylic acids is 2. The van der Waals surface area contributed by atoms with E-state index in [1.54, 1.807) is 30.3 Å². The van der Waals surface area contributed by atoms with Crippen molar-refractivity contribution in [3.63, 3.8) is 0 Å². The fourth-order valence-corrected chi connectivity index (χ4v) is 3.68. The summed E-state index contributed by atoms with van der Waals surface area (Å²) in [4.78, 5) is 28.4. The smallest absolute Gasteiger partial charge is 0.261 e. The van der Waals surface area contributed by atoms with Crippen LogP contribution in [0.2, 0.25) is 0 Å².